The van der Waals surface area contributed by atoms with Crippen molar-refractivity contribution in [1.29, 1.82) is 0 Å². The molecule has 0 amide bonds. The summed E-state index contributed by atoms with van der Waals surface area (Å²) < 4.78 is 0. The first-order chi connectivity index (χ1) is 7.52. The van der Waals surface area contributed by atoms with Gasteiger partial charge in [0, 0.05) is 18.5 Å². The predicted octanol–water partition coefficient (Wildman–Crippen LogP) is 1.74. The molecule has 1 heterocycles. The van der Waals surface area contributed by atoms with Gasteiger partial charge in [-0.15, -0.1) is 11.8 Å². The number of carboxylic acid groups (broad SMARTS) is 1. The number of aryl methyl sites for hydroxylation is 1. The van der Waals surface area contributed by atoms with Gasteiger partial charge in [-0.25, -0.2) is 9.78 Å². The molecular formula is C11H16N2O2S. The summed E-state index contributed by atoms with van der Waals surface area (Å²) in [4.78, 5) is 17.3. The van der Waals surface area contributed by atoms with Gasteiger partial charge in [-0.05, 0) is 32.6 Å². The molecule has 0 bridgehead atoms. The van der Waals surface area contributed by atoms with E-state index in [9.17, 15) is 4.79 Å². The average molecular weight is 240 g/mol. The molecule has 0 atom stereocenters. The van der Waals surface area contributed by atoms with Crippen molar-refractivity contribution in [2.24, 2.45) is 0 Å². The van der Waals surface area contributed by atoms with Crippen molar-refractivity contribution >= 4 is 17.7 Å². The lowest BCUT2D eigenvalue weighted by molar-refractivity contribution is 0.0691. The van der Waals surface area contributed by atoms with Crippen LogP contribution in [0.4, 0.5) is 0 Å². The number of hydrogen-bond donors (Lipinski definition) is 1. The minimum absolute atomic E-state index is 0.325. The third kappa shape index (κ3) is 3.50. The molecule has 88 valence electrons. The average Bonchev–Trinajstić information content (AvgIpc) is 2.16. The third-order valence-electron chi connectivity index (χ3n) is 2.12. The molecule has 0 aromatic carbocycles. The summed E-state index contributed by atoms with van der Waals surface area (Å²) in [6.45, 7) is 2.69. The second-order valence-corrected chi connectivity index (χ2v) is 4.85. The van der Waals surface area contributed by atoms with Crippen LogP contribution in [0.1, 0.15) is 15.9 Å². The summed E-state index contributed by atoms with van der Waals surface area (Å²) in [6.07, 6.45) is 1.65. The van der Waals surface area contributed by atoms with Crippen LogP contribution in [0.3, 0.4) is 0 Å². The maximum Gasteiger partial charge on any atom is 0.338 e. The van der Waals surface area contributed by atoms with Crippen LogP contribution in [-0.2, 0) is 0 Å². The maximum atomic E-state index is 11.1. The van der Waals surface area contributed by atoms with E-state index in [0.717, 1.165) is 17.9 Å². The van der Waals surface area contributed by atoms with Crippen molar-refractivity contribution in [3.8, 4) is 0 Å². The van der Waals surface area contributed by atoms with Gasteiger partial charge in [-0.2, -0.15) is 0 Å². The van der Waals surface area contributed by atoms with Crippen molar-refractivity contribution in [3.05, 3.63) is 23.4 Å². The van der Waals surface area contributed by atoms with Crippen molar-refractivity contribution in [3.63, 3.8) is 0 Å². The molecule has 0 saturated carbocycles. The van der Waals surface area contributed by atoms with Crippen LogP contribution in [0.5, 0.6) is 0 Å². The largest absolute Gasteiger partial charge is 0.478 e. The smallest absolute Gasteiger partial charge is 0.338 e. The Balaban J connectivity index is 2.79. The lowest BCUT2D eigenvalue weighted by Crippen LogP contribution is -2.15. The molecule has 1 N–H and O–H groups in total. The van der Waals surface area contributed by atoms with Gasteiger partial charge in [0.25, 0.3) is 0 Å². The topological polar surface area (TPSA) is 53.4 Å². The van der Waals surface area contributed by atoms with Crippen molar-refractivity contribution in [2.75, 3.05) is 26.4 Å². The standard InChI is InChI=1S/C11H16N2O2S/c1-8-4-5-12-10(9(8)11(14)15)16-7-6-13(2)3/h4-5H,6-7H2,1-3H3,(H,14,15). The van der Waals surface area contributed by atoms with Gasteiger partial charge in [-0.3, -0.25) is 0 Å². The number of aromatic nitrogens is 1. The van der Waals surface area contributed by atoms with Crippen LogP contribution in [0.15, 0.2) is 17.3 Å². The van der Waals surface area contributed by atoms with Crippen LogP contribution in [-0.4, -0.2) is 47.4 Å². The first-order valence-corrected chi connectivity index (χ1v) is 5.97. The summed E-state index contributed by atoms with van der Waals surface area (Å²) in [5, 5.41) is 9.70. The van der Waals surface area contributed by atoms with E-state index in [1.807, 2.05) is 14.1 Å². The molecular weight excluding hydrogens is 224 g/mol. The minimum atomic E-state index is -0.905. The number of nitrogens with zero attached hydrogens (tertiary/aromatic N) is 2. The number of aromatic carboxylic acids is 1. The lowest BCUT2D eigenvalue weighted by Gasteiger charge is -2.10. The molecule has 5 heteroatoms. The third-order valence-corrected chi connectivity index (χ3v) is 3.09. The second-order valence-electron chi connectivity index (χ2n) is 3.76. The number of carboxylic acids is 1. The SMILES string of the molecule is Cc1ccnc(SCCN(C)C)c1C(=O)O. The van der Waals surface area contributed by atoms with Gasteiger partial charge in [0.2, 0.25) is 0 Å². The molecule has 0 saturated heterocycles. The number of pyridine rings is 1. The van der Waals surface area contributed by atoms with Gasteiger partial charge in [0.1, 0.15) is 5.03 Å². The highest BCUT2D eigenvalue weighted by molar-refractivity contribution is 7.99. The zero-order valence-electron chi connectivity index (χ0n) is 9.73. The van der Waals surface area contributed by atoms with Crippen LogP contribution < -0.4 is 0 Å². The fourth-order valence-corrected chi connectivity index (χ4v) is 2.41. The zero-order chi connectivity index (χ0) is 12.1. The van der Waals surface area contributed by atoms with E-state index in [4.69, 9.17) is 5.11 Å². The first kappa shape index (κ1) is 13.0. The molecule has 1 rings (SSSR count). The van der Waals surface area contributed by atoms with Crippen LogP contribution in [0.25, 0.3) is 0 Å². The normalized spacial score (nSPS) is 10.8. The number of carbonyl (C=O) groups is 1. The molecule has 16 heavy (non-hydrogen) atoms. The summed E-state index contributed by atoms with van der Waals surface area (Å²) in [5.74, 6) is -0.0676. The molecule has 0 fully saturated rings. The number of rotatable bonds is 5. The molecule has 0 spiro atoms. The Morgan fingerprint density at radius 1 is 1.56 bits per heavy atom. The summed E-state index contributed by atoms with van der Waals surface area (Å²) >= 11 is 1.48. The highest BCUT2D eigenvalue weighted by Crippen LogP contribution is 2.22. The Bertz CT molecular complexity index is 380. The fraction of sp³-hybridized carbons (Fsp3) is 0.455. The Morgan fingerprint density at radius 3 is 2.81 bits per heavy atom. The van der Waals surface area contributed by atoms with E-state index >= 15 is 0 Å². The van der Waals surface area contributed by atoms with Crippen molar-refractivity contribution in [2.45, 2.75) is 11.9 Å². The van der Waals surface area contributed by atoms with Gasteiger partial charge in [-0.1, -0.05) is 0 Å². The van der Waals surface area contributed by atoms with Crippen molar-refractivity contribution < 1.29 is 9.90 Å². The molecule has 0 aliphatic carbocycles. The Kier molecular flexibility index (Phi) is 4.76. The van der Waals surface area contributed by atoms with E-state index in [1.165, 1.54) is 11.8 Å². The molecule has 0 radical (unpaired) electrons. The highest BCUT2D eigenvalue weighted by atomic mass is 32.2. The maximum absolute atomic E-state index is 11.1. The summed E-state index contributed by atoms with van der Waals surface area (Å²) in [6, 6.07) is 1.72. The quantitative estimate of drug-likeness (QED) is 0.794. The van der Waals surface area contributed by atoms with Crippen molar-refractivity contribution in [1.82, 2.24) is 9.88 Å². The van der Waals surface area contributed by atoms with Crippen LogP contribution in [0, 0.1) is 6.92 Å². The number of thioether (sulfide) groups is 1. The molecule has 0 aliphatic heterocycles. The van der Waals surface area contributed by atoms with E-state index in [0.29, 0.717) is 10.6 Å². The van der Waals surface area contributed by atoms with Crippen LogP contribution in [0.2, 0.25) is 0 Å². The lowest BCUT2D eigenvalue weighted by atomic mass is 10.2. The Morgan fingerprint density at radius 2 is 2.25 bits per heavy atom. The molecule has 1 aromatic heterocycles. The van der Waals surface area contributed by atoms with Crippen LogP contribution >= 0.6 is 11.8 Å². The van der Waals surface area contributed by atoms with E-state index in [2.05, 4.69) is 9.88 Å². The summed E-state index contributed by atoms with van der Waals surface area (Å²) in [7, 11) is 3.98. The fourth-order valence-electron chi connectivity index (χ4n) is 1.23. The Labute approximate surface area is 99.7 Å². The second kappa shape index (κ2) is 5.86. The molecule has 1 aromatic rings. The molecule has 0 unspecified atom stereocenters. The van der Waals surface area contributed by atoms with Gasteiger partial charge in [0.15, 0.2) is 0 Å². The minimum Gasteiger partial charge on any atom is -0.478 e. The Hall–Kier alpha value is -1.07. The van der Waals surface area contributed by atoms with E-state index in [1.54, 1.807) is 19.2 Å². The predicted molar refractivity (Wildman–Crippen MR) is 65.2 cm³/mol. The number of hydrogen-bond acceptors (Lipinski definition) is 4. The monoisotopic (exact) mass is 240 g/mol. The van der Waals surface area contributed by atoms with E-state index < -0.39 is 5.97 Å². The van der Waals surface area contributed by atoms with Gasteiger partial charge >= 0.3 is 5.97 Å². The van der Waals surface area contributed by atoms with Gasteiger partial charge in [0.05, 0.1) is 5.56 Å². The van der Waals surface area contributed by atoms with Gasteiger partial charge < -0.3 is 10.0 Å². The molecule has 4 nitrogen and oxygen atoms in total. The first-order valence-electron chi connectivity index (χ1n) is 4.98. The molecule has 0 aliphatic rings. The highest BCUT2D eigenvalue weighted by Gasteiger charge is 2.14. The summed E-state index contributed by atoms with van der Waals surface area (Å²) in [5.41, 5.74) is 1.08. The van der Waals surface area contributed by atoms with E-state index in [-0.39, 0.29) is 0 Å². The zero-order valence-corrected chi connectivity index (χ0v) is 10.5.